The largest absolute Gasteiger partial charge is 0.317 e. The molecule has 1 saturated heterocycles. The first-order chi connectivity index (χ1) is 21.0. The van der Waals surface area contributed by atoms with Crippen LogP contribution in [0.5, 0.6) is 0 Å². The molecule has 1 aromatic carbocycles. The molecule has 4 aromatic heterocycles. The van der Waals surface area contributed by atoms with Crippen molar-refractivity contribution < 1.29 is 14.4 Å². The van der Waals surface area contributed by atoms with Gasteiger partial charge in [-0.25, -0.2) is 14.5 Å². The number of likely N-dealkylation sites (tertiary alicyclic amines) is 1. The van der Waals surface area contributed by atoms with E-state index in [-0.39, 0.29) is 39.8 Å². The number of nitrogens with zero attached hydrogens (tertiary/aromatic N) is 7. The van der Waals surface area contributed by atoms with Gasteiger partial charge in [-0.2, -0.15) is 10.2 Å². The van der Waals surface area contributed by atoms with Crippen LogP contribution in [0.3, 0.4) is 0 Å². The van der Waals surface area contributed by atoms with E-state index in [0.29, 0.717) is 27.7 Å². The van der Waals surface area contributed by atoms with Gasteiger partial charge in [-0.1, -0.05) is 23.6 Å². The SMILES string of the molecule is C=I[C@@H]1[C@@H](C)C[C@@H](C(=O)Nc2nc(Br)ccc2C)N1C(=O)Cn1nc(C(C)=O)c2cc(-c3cnc4cc(C)nn4c3)ccc21. The molecule has 6 rings (SSSR count). The molecule has 226 valence electrons. The van der Waals surface area contributed by atoms with Crippen LogP contribution in [0.4, 0.5) is 5.82 Å². The van der Waals surface area contributed by atoms with Gasteiger partial charge in [0.05, 0.1) is 15.3 Å². The van der Waals surface area contributed by atoms with E-state index in [4.69, 9.17) is 0 Å². The van der Waals surface area contributed by atoms with Crippen LogP contribution in [0.15, 0.2) is 53.4 Å². The Morgan fingerprint density at radius 2 is 1.91 bits per heavy atom. The van der Waals surface area contributed by atoms with Gasteiger partial charge in [0, 0.05) is 36.3 Å². The lowest BCUT2D eigenvalue weighted by molar-refractivity contribution is -0.137. The molecule has 1 N–H and O–H groups in total. The van der Waals surface area contributed by atoms with Gasteiger partial charge in [0.25, 0.3) is 0 Å². The number of amides is 2. The maximum absolute atomic E-state index is 14.0. The van der Waals surface area contributed by atoms with E-state index in [1.807, 2.05) is 56.4 Å². The number of aryl methyl sites for hydroxylation is 2. The molecule has 2 amide bonds. The molecule has 0 radical (unpaired) electrons. The number of nitrogens with one attached hydrogen (secondary N) is 1. The molecule has 0 aliphatic carbocycles. The van der Waals surface area contributed by atoms with E-state index < -0.39 is 26.8 Å². The monoisotopic (exact) mass is 768 g/mol. The van der Waals surface area contributed by atoms with Crippen LogP contribution < -0.4 is 5.32 Å². The van der Waals surface area contributed by atoms with Gasteiger partial charge in [0.15, 0.2) is 11.4 Å². The van der Waals surface area contributed by atoms with Crippen molar-refractivity contribution in [2.45, 2.75) is 50.8 Å². The van der Waals surface area contributed by atoms with Crippen molar-refractivity contribution in [3.8, 4) is 11.1 Å². The van der Waals surface area contributed by atoms with Gasteiger partial charge in [-0.3, -0.25) is 19.1 Å². The average Bonchev–Trinajstić information content (AvgIpc) is 3.65. The van der Waals surface area contributed by atoms with Crippen molar-refractivity contribution in [1.29, 1.82) is 0 Å². The quantitative estimate of drug-likeness (QED) is 0.0781. The van der Waals surface area contributed by atoms with E-state index in [0.717, 1.165) is 28.0 Å². The molecule has 5 heterocycles. The molecule has 44 heavy (non-hydrogen) atoms. The van der Waals surface area contributed by atoms with Gasteiger partial charge < -0.3 is 10.2 Å². The van der Waals surface area contributed by atoms with Crippen molar-refractivity contribution >= 4 is 81.1 Å². The molecule has 1 fully saturated rings. The molecule has 11 nitrogen and oxygen atoms in total. The summed E-state index contributed by atoms with van der Waals surface area (Å²) in [5.74, 6) is -0.162. The second-order valence-corrected chi connectivity index (χ2v) is 14.0. The smallest absolute Gasteiger partial charge is 0.248 e. The van der Waals surface area contributed by atoms with Crippen molar-refractivity contribution in [3.63, 3.8) is 0 Å². The summed E-state index contributed by atoms with van der Waals surface area (Å²) in [6, 6.07) is 10.6. The van der Waals surface area contributed by atoms with Crippen molar-refractivity contribution in [2.24, 2.45) is 5.92 Å². The maximum atomic E-state index is 14.0. The Morgan fingerprint density at radius 3 is 2.66 bits per heavy atom. The zero-order valence-electron chi connectivity index (χ0n) is 24.6. The highest BCUT2D eigenvalue weighted by atomic mass is 127. The lowest BCUT2D eigenvalue weighted by Crippen LogP contribution is -2.47. The van der Waals surface area contributed by atoms with Crippen LogP contribution >= 0.6 is 36.7 Å². The topological polar surface area (TPSA) is 127 Å². The van der Waals surface area contributed by atoms with Gasteiger partial charge in [0.1, 0.15) is 28.7 Å². The number of pyridine rings is 1. The highest BCUT2D eigenvalue weighted by Gasteiger charge is 2.44. The summed E-state index contributed by atoms with van der Waals surface area (Å²) in [5.41, 5.74) is 5.04. The number of ketones is 1. The van der Waals surface area contributed by atoms with Gasteiger partial charge >= 0.3 is 0 Å². The maximum Gasteiger partial charge on any atom is 0.248 e. The summed E-state index contributed by atoms with van der Waals surface area (Å²) in [5, 5.41) is 12.6. The normalized spacial score (nSPS) is 18.3. The molecule has 3 atom stereocenters. The van der Waals surface area contributed by atoms with E-state index in [1.54, 1.807) is 20.3 Å². The van der Waals surface area contributed by atoms with E-state index in [9.17, 15) is 14.4 Å². The summed E-state index contributed by atoms with van der Waals surface area (Å²) in [6.45, 7) is 7.18. The molecule has 13 heteroatoms. The Labute approximate surface area is 271 Å². The first-order valence-electron chi connectivity index (χ1n) is 14.0. The second kappa shape index (κ2) is 11.9. The Bertz CT molecular complexity index is 1990. The number of alkyl halides is 1. The number of halogens is 2. The number of anilines is 1. The summed E-state index contributed by atoms with van der Waals surface area (Å²) in [7, 11) is 0. The standard InChI is InChI=1S/C31H30BrIN8O3/c1-16-6-9-25(32)35-30(16)36-31(44)24-10-17(2)29(33-5)41(24)27(43)15-39-23-8-7-20(12-22(23)28(38-39)19(4)42)21-13-34-26-11-18(3)37-40(26)14-21/h6-9,11-14,17,24,29H,5,10,15H2,1-4H3,(H,35,36,44)/t17-,24-,29-/m0/s1. The Morgan fingerprint density at radius 1 is 1.11 bits per heavy atom. The Balaban J connectivity index is 1.32. The lowest BCUT2D eigenvalue weighted by Gasteiger charge is -2.28. The summed E-state index contributed by atoms with van der Waals surface area (Å²) >= 11 is 2.72. The third-order valence-electron chi connectivity index (χ3n) is 7.86. The molecule has 0 unspecified atom stereocenters. The first-order valence-corrected chi connectivity index (χ1v) is 17.6. The van der Waals surface area contributed by atoms with Crippen molar-refractivity contribution in [2.75, 3.05) is 5.32 Å². The molecule has 0 bridgehead atoms. The average molecular weight is 769 g/mol. The summed E-state index contributed by atoms with van der Waals surface area (Å²) < 4.78 is 7.97. The molecular formula is C31H30BrIN8O3. The number of aromatic nitrogens is 6. The predicted octanol–water partition coefficient (Wildman–Crippen LogP) is 5.33. The predicted molar refractivity (Wildman–Crippen MR) is 181 cm³/mol. The van der Waals surface area contributed by atoms with Gasteiger partial charge in [-0.15, -0.1) is 20.7 Å². The van der Waals surface area contributed by atoms with E-state index >= 15 is 0 Å². The fourth-order valence-electron chi connectivity index (χ4n) is 5.72. The van der Waals surface area contributed by atoms with E-state index in [2.05, 4.69) is 52.9 Å². The third kappa shape index (κ3) is 5.58. The lowest BCUT2D eigenvalue weighted by atomic mass is 10.0. The molecule has 1 aliphatic heterocycles. The summed E-state index contributed by atoms with van der Waals surface area (Å²) in [4.78, 5) is 50.8. The molecule has 0 spiro atoms. The van der Waals surface area contributed by atoms with Gasteiger partial charge in [-0.05, 0) is 71.4 Å². The van der Waals surface area contributed by atoms with Crippen LogP contribution in [-0.4, -0.2) is 66.5 Å². The zero-order valence-corrected chi connectivity index (χ0v) is 28.3. The van der Waals surface area contributed by atoms with E-state index in [1.165, 1.54) is 6.92 Å². The summed E-state index contributed by atoms with van der Waals surface area (Å²) in [6.07, 6.45) is 4.19. The van der Waals surface area contributed by atoms with Crippen LogP contribution in [0.1, 0.15) is 42.0 Å². The van der Waals surface area contributed by atoms with Crippen LogP contribution in [0.2, 0.25) is 0 Å². The minimum absolute atomic E-state index is 0.109. The number of hydrogen-bond acceptors (Lipinski definition) is 7. The third-order valence-corrected chi connectivity index (χ3v) is 11.0. The van der Waals surface area contributed by atoms with Crippen LogP contribution in [0.25, 0.3) is 27.7 Å². The Kier molecular flexibility index (Phi) is 8.18. The van der Waals surface area contributed by atoms with Crippen molar-refractivity contribution in [1.82, 2.24) is 34.3 Å². The minimum atomic E-state index is -0.668. The first kappa shape index (κ1) is 30.2. The number of carbonyl (C=O) groups excluding carboxylic acids is 3. The second-order valence-electron chi connectivity index (χ2n) is 11.1. The number of benzene rings is 1. The number of hydrogen-bond donors (Lipinski definition) is 1. The molecular weight excluding hydrogens is 739 g/mol. The minimum Gasteiger partial charge on any atom is -0.317 e. The number of carbonyl (C=O) groups is 3. The van der Waals surface area contributed by atoms with Crippen LogP contribution in [-0.2, 0) is 16.1 Å². The fourth-order valence-corrected chi connectivity index (χ4v) is 8.31. The number of Topliss-reactive ketones (excluding diaryl/α,β-unsaturated/α-hetero) is 1. The highest BCUT2D eigenvalue weighted by Crippen LogP contribution is 2.37. The fraction of sp³-hybridized carbons (Fsp3) is 0.290. The highest BCUT2D eigenvalue weighted by molar-refractivity contribution is 14.2. The van der Waals surface area contributed by atoms with Crippen molar-refractivity contribution in [3.05, 3.63) is 70.3 Å². The number of rotatable bonds is 7. The zero-order chi connectivity index (χ0) is 31.3. The number of fused-ring (bicyclic) bond motifs is 2. The molecule has 5 aromatic rings. The molecule has 0 saturated carbocycles. The molecule has 1 aliphatic rings. The van der Waals surface area contributed by atoms with Gasteiger partial charge in [0.2, 0.25) is 11.8 Å². The Hall–Kier alpha value is -3.85. The van der Waals surface area contributed by atoms with Crippen LogP contribution in [0, 0.1) is 19.8 Å².